The van der Waals surface area contributed by atoms with E-state index in [-0.39, 0.29) is 5.69 Å². The maximum absolute atomic E-state index is 13.5. The van der Waals surface area contributed by atoms with Gasteiger partial charge in [0.1, 0.15) is 0 Å². The topological polar surface area (TPSA) is 56.1 Å². The van der Waals surface area contributed by atoms with E-state index in [1.165, 1.54) is 17.7 Å². The van der Waals surface area contributed by atoms with Crippen molar-refractivity contribution in [3.63, 3.8) is 0 Å². The molecule has 8 heteroatoms. The van der Waals surface area contributed by atoms with Crippen LogP contribution >= 0.6 is 0 Å². The summed E-state index contributed by atoms with van der Waals surface area (Å²) in [7, 11) is 0. The van der Waals surface area contributed by atoms with E-state index in [2.05, 4.69) is 10.4 Å². The van der Waals surface area contributed by atoms with Crippen molar-refractivity contribution in [2.24, 2.45) is 0 Å². The summed E-state index contributed by atoms with van der Waals surface area (Å²) in [4.78, 5) is 11.9. The first-order valence-corrected chi connectivity index (χ1v) is 9.15. The number of hydrogen-bond acceptors (Lipinski definition) is 3. The maximum Gasteiger partial charge on any atom is 0.437 e. The number of aromatic nitrogens is 2. The second-order valence-corrected chi connectivity index (χ2v) is 6.36. The van der Waals surface area contributed by atoms with Crippen molar-refractivity contribution >= 4 is 6.09 Å². The number of benzene rings is 2. The lowest BCUT2D eigenvalue weighted by molar-refractivity contribution is -0.143. The van der Waals surface area contributed by atoms with E-state index in [9.17, 15) is 18.0 Å². The van der Waals surface area contributed by atoms with Gasteiger partial charge in [0, 0.05) is 6.54 Å². The maximum atomic E-state index is 13.5. The minimum atomic E-state index is -4.74. The number of unbranched alkanes of at least 4 members (excludes halogenated alkanes) is 1. The Morgan fingerprint density at radius 3 is 2.31 bits per heavy atom. The normalized spacial score (nSPS) is 11.3. The van der Waals surface area contributed by atoms with Crippen molar-refractivity contribution in [1.29, 1.82) is 0 Å². The second-order valence-electron chi connectivity index (χ2n) is 6.36. The summed E-state index contributed by atoms with van der Waals surface area (Å²) < 4.78 is 46.2. The van der Waals surface area contributed by atoms with Gasteiger partial charge < -0.3 is 10.1 Å². The summed E-state index contributed by atoms with van der Waals surface area (Å²) in [5, 5.41) is 6.22. The summed E-state index contributed by atoms with van der Waals surface area (Å²) >= 11 is 0. The molecule has 0 aliphatic carbocycles. The van der Waals surface area contributed by atoms with Gasteiger partial charge in [0.25, 0.3) is 0 Å². The van der Waals surface area contributed by atoms with Gasteiger partial charge in [0.05, 0.1) is 11.9 Å². The number of rotatable bonds is 7. The molecule has 3 rings (SSSR count). The van der Waals surface area contributed by atoms with Crippen LogP contribution in [-0.4, -0.2) is 22.4 Å². The molecule has 1 heterocycles. The van der Waals surface area contributed by atoms with Crippen molar-refractivity contribution in [3.8, 4) is 11.4 Å². The van der Waals surface area contributed by atoms with Gasteiger partial charge in [-0.3, -0.25) is 0 Å². The SMILES string of the molecule is O=C(NCCCCc1ccccc1)Oc1cnn(-c2ccccc2)c1C(F)(F)F. The van der Waals surface area contributed by atoms with E-state index in [0.29, 0.717) is 17.6 Å². The molecule has 29 heavy (non-hydrogen) atoms. The van der Waals surface area contributed by atoms with Gasteiger partial charge in [-0.15, -0.1) is 0 Å². The number of amides is 1. The van der Waals surface area contributed by atoms with Crippen LogP contribution in [0.4, 0.5) is 18.0 Å². The highest BCUT2D eigenvalue weighted by atomic mass is 19.4. The van der Waals surface area contributed by atoms with Crippen LogP contribution in [0, 0.1) is 0 Å². The van der Waals surface area contributed by atoms with Crippen molar-refractivity contribution in [2.45, 2.75) is 25.4 Å². The Balaban J connectivity index is 1.57. The van der Waals surface area contributed by atoms with Gasteiger partial charge in [-0.05, 0) is 37.0 Å². The van der Waals surface area contributed by atoms with Crippen LogP contribution in [0.5, 0.6) is 5.75 Å². The van der Waals surface area contributed by atoms with E-state index in [1.807, 2.05) is 30.3 Å². The molecule has 0 bridgehead atoms. The molecule has 1 aromatic heterocycles. The van der Waals surface area contributed by atoms with Crippen LogP contribution in [0.1, 0.15) is 24.1 Å². The van der Waals surface area contributed by atoms with Gasteiger partial charge >= 0.3 is 12.3 Å². The highest BCUT2D eigenvalue weighted by Crippen LogP contribution is 2.37. The standard InChI is InChI=1S/C21H20F3N3O2/c22-21(23,24)19-18(15-26-27(19)17-12-5-2-6-13-17)29-20(28)25-14-8-7-11-16-9-3-1-4-10-16/h1-6,9-10,12-13,15H,7-8,11,14H2,(H,25,28). The van der Waals surface area contributed by atoms with Gasteiger partial charge in [0.15, 0.2) is 11.4 Å². The fraction of sp³-hybridized carbons (Fsp3) is 0.238. The van der Waals surface area contributed by atoms with E-state index in [1.54, 1.807) is 18.2 Å². The molecule has 0 saturated carbocycles. The van der Waals surface area contributed by atoms with E-state index in [4.69, 9.17) is 4.74 Å². The molecule has 0 aliphatic rings. The predicted octanol–water partition coefficient (Wildman–Crippen LogP) is 5.00. The van der Waals surface area contributed by atoms with Gasteiger partial charge in [-0.1, -0.05) is 48.5 Å². The Hall–Kier alpha value is -3.29. The second kappa shape index (κ2) is 9.27. The number of hydrogen-bond donors (Lipinski definition) is 1. The molecule has 5 nitrogen and oxygen atoms in total. The molecule has 0 unspecified atom stereocenters. The molecule has 2 aromatic carbocycles. The number of halogens is 3. The van der Waals surface area contributed by atoms with Crippen LogP contribution < -0.4 is 10.1 Å². The molecule has 3 aromatic rings. The van der Waals surface area contributed by atoms with Crippen LogP contribution in [0.15, 0.2) is 66.9 Å². The molecule has 152 valence electrons. The Bertz CT molecular complexity index is 925. The zero-order valence-corrected chi connectivity index (χ0v) is 15.5. The number of carbonyl (C=O) groups is 1. The first-order valence-electron chi connectivity index (χ1n) is 9.15. The highest BCUT2D eigenvalue weighted by Gasteiger charge is 2.40. The molecular weight excluding hydrogens is 383 g/mol. The number of para-hydroxylation sites is 1. The lowest BCUT2D eigenvalue weighted by Crippen LogP contribution is -2.28. The van der Waals surface area contributed by atoms with Crippen molar-refractivity contribution in [3.05, 3.63) is 78.1 Å². The van der Waals surface area contributed by atoms with Crippen LogP contribution in [0.3, 0.4) is 0 Å². The van der Waals surface area contributed by atoms with E-state index in [0.717, 1.165) is 19.0 Å². The molecule has 1 N–H and O–H groups in total. The number of alkyl halides is 3. The molecule has 0 spiro atoms. The molecule has 0 radical (unpaired) electrons. The van der Waals surface area contributed by atoms with Gasteiger partial charge in [-0.25, -0.2) is 9.48 Å². The van der Waals surface area contributed by atoms with E-state index >= 15 is 0 Å². The van der Waals surface area contributed by atoms with Gasteiger partial charge in [0.2, 0.25) is 0 Å². The third-order valence-electron chi connectivity index (χ3n) is 4.21. The number of ether oxygens (including phenoxy) is 1. The Morgan fingerprint density at radius 1 is 1.00 bits per heavy atom. The number of nitrogens with zero attached hydrogens (tertiary/aromatic N) is 2. The average molecular weight is 403 g/mol. The first-order chi connectivity index (χ1) is 13.9. The summed E-state index contributed by atoms with van der Waals surface area (Å²) in [5.74, 6) is -0.636. The predicted molar refractivity (Wildman–Crippen MR) is 102 cm³/mol. The Labute approximate surface area is 166 Å². The summed E-state index contributed by atoms with van der Waals surface area (Å²) in [6.07, 6.45) is -2.41. The van der Waals surface area contributed by atoms with Crippen molar-refractivity contribution < 1.29 is 22.7 Å². The fourth-order valence-corrected chi connectivity index (χ4v) is 2.86. The number of aryl methyl sites for hydroxylation is 1. The Kier molecular flexibility index (Phi) is 6.54. The average Bonchev–Trinajstić information content (AvgIpc) is 3.13. The first kappa shape index (κ1) is 20.4. The third kappa shape index (κ3) is 5.60. The largest absolute Gasteiger partial charge is 0.437 e. The molecule has 0 aliphatic heterocycles. The van der Waals surface area contributed by atoms with Crippen LogP contribution in [0.2, 0.25) is 0 Å². The smallest absolute Gasteiger partial charge is 0.406 e. The summed E-state index contributed by atoms with van der Waals surface area (Å²) in [6, 6.07) is 17.7. The third-order valence-corrected chi connectivity index (χ3v) is 4.21. The lowest BCUT2D eigenvalue weighted by atomic mass is 10.1. The summed E-state index contributed by atoms with van der Waals surface area (Å²) in [5.41, 5.74) is 0.275. The highest BCUT2D eigenvalue weighted by molar-refractivity contribution is 5.70. The quantitative estimate of drug-likeness (QED) is 0.565. The monoisotopic (exact) mass is 403 g/mol. The molecule has 1 amide bonds. The van der Waals surface area contributed by atoms with Gasteiger partial charge in [-0.2, -0.15) is 18.3 Å². The minimum Gasteiger partial charge on any atom is -0.406 e. The Morgan fingerprint density at radius 2 is 1.66 bits per heavy atom. The lowest BCUT2D eigenvalue weighted by Gasteiger charge is -2.12. The minimum absolute atomic E-state index is 0.219. The summed E-state index contributed by atoms with van der Waals surface area (Å²) in [6.45, 7) is 0.305. The van der Waals surface area contributed by atoms with Crippen LogP contribution in [-0.2, 0) is 12.6 Å². The molecule has 0 atom stereocenters. The zero-order chi connectivity index (χ0) is 20.7. The van der Waals surface area contributed by atoms with Crippen molar-refractivity contribution in [1.82, 2.24) is 15.1 Å². The molecular formula is C21H20F3N3O2. The van der Waals surface area contributed by atoms with E-state index < -0.39 is 23.7 Å². The molecule has 0 fully saturated rings. The zero-order valence-electron chi connectivity index (χ0n) is 15.5. The number of carbonyl (C=O) groups excluding carboxylic acids is 1. The number of nitrogens with one attached hydrogen (secondary N) is 1. The van der Waals surface area contributed by atoms with Crippen LogP contribution in [0.25, 0.3) is 5.69 Å². The van der Waals surface area contributed by atoms with Crippen molar-refractivity contribution in [2.75, 3.05) is 6.54 Å². The fourth-order valence-electron chi connectivity index (χ4n) is 2.86. The molecule has 0 saturated heterocycles.